The van der Waals surface area contributed by atoms with Gasteiger partial charge in [-0.25, -0.2) is 9.78 Å². The number of thiazole rings is 1. The summed E-state index contributed by atoms with van der Waals surface area (Å²) in [5.41, 5.74) is 5.32. The quantitative estimate of drug-likeness (QED) is 0.481. The summed E-state index contributed by atoms with van der Waals surface area (Å²) in [6.45, 7) is 8.44. The summed E-state index contributed by atoms with van der Waals surface area (Å²) in [6, 6.07) is 9.03. The van der Waals surface area contributed by atoms with Crippen molar-refractivity contribution in [2.75, 3.05) is 24.4 Å². The number of amides is 3. The van der Waals surface area contributed by atoms with Crippen molar-refractivity contribution in [1.82, 2.24) is 10.3 Å². The fourth-order valence-corrected chi connectivity index (χ4v) is 4.36. The number of fused-ring (bicyclic) bond motifs is 1. The predicted octanol–water partition coefficient (Wildman–Crippen LogP) is 5.02. The van der Waals surface area contributed by atoms with E-state index in [1.165, 1.54) is 11.3 Å². The van der Waals surface area contributed by atoms with E-state index < -0.39 is 0 Å². The van der Waals surface area contributed by atoms with E-state index >= 15 is 0 Å². The number of carbonyl (C=O) groups excluding carboxylic acids is 2. The minimum absolute atomic E-state index is 0.0663. The highest BCUT2D eigenvalue weighted by Crippen LogP contribution is 2.28. The summed E-state index contributed by atoms with van der Waals surface area (Å²) >= 11 is 1.33. The lowest BCUT2D eigenvalue weighted by Gasteiger charge is -2.15. The molecule has 3 rings (SSSR count). The number of carbonyl (C=O) groups is 2. The molecule has 0 aliphatic rings. The first-order chi connectivity index (χ1) is 14.8. The molecule has 1 aromatic heterocycles. The second-order valence-electron chi connectivity index (χ2n) is 7.59. The van der Waals surface area contributed by atoms with Crippen LogP contribution in [0.2, 0.25) is 0 Å². The summed E-state index contributed by atoms with van der Waals surface area (Å²) in [5, 5.41) is 9.12. The molecule has 0 aliphatic heterocycles. The van der Waals surface area contributed by atoms with Gasteiger partial charge in [-0.15, -0.1) is 0 Å². The van der Waals surface area contributed by atoms with Gasteiger partial charge in [-0.2, -0.15) is 0 Å². The zero-order valence-corrected chi connectivity index (χ0v) is 19.3. The third-order valence-electron chi connectivity index (χ3n) is 4.98. The molecule has 0 saturated heterocycles. The molecule has 31 heavy (non-hydrogen) atoms. The molecule has 3 N–H and O–H groups in total. The van der Waals surface area contributed by atoms with Crippen LogP contribution in [0.15, 0.2) is 30.3 Å². The number of benzene rings is 2. The maximum absolute atomic E-state index is 12.8. The van der Waals surface area contributed by atoms with Crippen LogP contribution in [0.1, 0.15) is 40.4 Å². The van der Waals surface area contributed by atoms with Crippen LogP contribution in [-0.4, -0.2) is 36.7 Å². The maximum atomic E-state index is 12.8. The van der Waals surface area contributed by atoms with E-state index in [1.807, 2.05) is 39.8 Å². The highest BCUT2D eigenvalue weighted by Gasteiger charge is 2.15. The van der Waals surface area contributed by atoms with E-state index in [4.69, 9.17) is 4.74 Å². The van der Waals surface area contributed by atoms with Crippen molar-refractivity contribution in [2.45, 2.75) is 40.2 Å². The normalized spacial score (nSPS) is 11.9. The largest absolute Gasteiger partial charge is 0.383 e. The average molecular weight is 441 g/mol. The number of aromatic nitrogens is 1. The highest BCUT2D eigenvalue weighted by molar-refractivity contribution is 7.22. The van der Waals surface area contributed by atoms with Crippen LogP contribution in [0.25, 0.3) is 10.2 Å². The molecule has 1 unspecified atom stereocenters. The Bertz CT molecular complexity index is 1090. The van der Waals surface area contributed by atoms with Crippen molar-refractivity contribution in [1.29, 1.82) is 0 Å². The molecule has 3 amide bonds. The minimum Gasteiger partial charge on any atom is -0.383 e. The van der Waals surface area contributed by atoms with Crippen LogP contribution in [0.4, 0.5) is 15.6 Å². The van der Waals surface area contributed by atoms with Crippen molar-refractivity contribution >= 4 is 44.3 Å². The topological polar surface area (TPSA) is 92.3 Å². The molecule has 2 aromatic carbocycles. The lowest BCUT2D eigenvalue weighted by atomic mass is 10.0. The number of aryl methyl sites for hydroxylation is 3. The SMILES string of the molecule is CCC(COC)NC(=O)Nc1nc2ccc(C(=O)Nc3c(C)cc(C)cc3C)cc2s1. The Labute approximate surface area is 186 Å². The van der Waals surface area contributed by atoms with Gasteiger partial charge in [-0.05, 0) is 56.5 Å². The van der Waals surface area contributed by atoms with E-state index in [1.54, 1.807) is 25.3 Å². The first-order valence-electron chi connectivity index (χ1n) is 10.2. The number of rotatable bonds is 7. The Hall–Kier alpha value is -2.97. The van der Waals surface area contributed by atoms with Crippen LogP contribution >= 0.6 is 11.3 Å². The third-order valence-corrected chi connectivity index (χ3v) is 5.92. The molecule has 0 saturated carbocycles. The summed E-state index contributed by atoms with van der Waals surface area (Å²) in [7, 11) is 1.60. The first-order valence-corrected chi connectivity index (χ1v) is 11.0. The van der Waals surface area contributed by atoms with Gasteiger partial charge < -0.3 is 15.4 Å². The minimum atomic E-state index is -0.328. The summed E-state index contributed by atoms with van der Waals surface area (Å²) in [4.78, 5) is 29.5. The van der Waals surface area contributed by atoms with E-state index in [2.05, 4.69) is 20.9 Å². The van der Waals surface area contributed by atoms with E-state index in [-0.39, 0.29) is 18.0 Å². The summed E-state index contributed by atoms with van der Waals surface area (Å²) < 4.78 is 5.92. The fourth-order valence-electron chi connectivity index (χ4n) is 3.46. The van der Waals surface area contributed by atoms with Crippen LogP contribution in [0.3, 0.4) is 0 Å². The van der Waals surface area contributed by atoms with Gasteiger partial charge in [0, 0.05) is 18.4 Å². The average Bonchev–Trinajstić information content (AvgIpc) is 3.11. The molecule has 0 fully saturated rings. The van der Waals surface area contributed by atoms with Gasteiger partial charge >= 0.3 is 6.03 Å². The van der Waals surface area contributed by atoms with Crippen molar-refractivity contribution in [2.24, 2.45) is 0 Å². The predicted molar refractivity (Wildman–Crippen MR) is 126 cm³/mol. The van der Waals surface area contributed by atoms with E-state index in [0.29, 0.717) is 17.3 Å². The van der Waals surface area contributed by atoms with Crippen molar-refractivity contribution in [3.63, 3.8) is 0 Å². The van der Waals surface area contributed by atoms with Crippen molar-refractivity contribution in [3.05, 3.63) is 52.6 Å². The van der Waals surface area contributed by atoms with E-state index in [0.717, 1.165) is 39.0 Å². The number of methoxy groups -OCH3 is 1. The van der Waals surface area contributed by atoms with Gasteiger partial charge in [0.25, 0.3) is 5.91 Å². The molecular weight excluding hydrogens is 412 g/mol. The number of nitrogens with zero attached hydrogens (tertiary/aromatic N) is 1. The molecule has 0 aliphatic carbocycles. The molecule has 8 heteroatoms. The Kier molecular flexibility index (Phi) is 7.25. The standard InChI is InChI=1S/C23H28N4O3S/c1-6-17(12-30-5)24-22(29)27-23-25-18-8-7-16(11-19(18)31-23)21(28)26-20-14(3)9-13(2)10-15(20)4/h7-11,17H,6,12H2,1-5H3,(H,26,28)(H2,24,25,27,29). The van der Waals surface area contributed by atoms with Crippen LogP contribution < -0.4 is 16.0 Å². The Balaban J connectivity index is 1.73. The molecule has 0 spiro atoms. The van der Waals surface area contributed by atoms with Crippen molar-refractivity contribution < 1.29 is 14.3 Å². The zero-order chi connectivity index (χ0) is 22.5. The number of hydrogen-bond acceptors (Lipinski definition) is 5. The lowest BCUT2D eigenvalue weighted by molar-refractivity contribution is 0.102. The smallest absolute Gasteiger partial charge is 0.321 e. The molecule has 3 aromatic rings. The molecule has 1 heterocycles. The van der Waals surface area contributed by atoms with E-state index in [9.17, 15) is 9.59 Å². The molecule has 1 atom stereocenters. The number of anilines is 2. The summed E-state index contributed by atoms with van der Waals surface area (Å²) in [6.07, 6.45) is 0.763. The number of nitrogens with one attached hydrogen (secondary N) is 3. The maximum Gasteiger partial charge on any atom is 0.321 e. The van der Waals surface area contributed by atoms with Gasteiger partial charge in [0.05, 0.1) is 22.9 Å². The monoisotopic (exact) mass is 440 g/mol. The van der Waals surface area contributed by atoms with Crippen LogP contribution in [-0.2, 0) is 4.74 Å². The van der Waals surface area contributed by atoms with Gasteiger partial charge in [0.15, 0.2) is 5.13 Å². The Morgan fingerprint density at radius 1 is 1.10 bits per heavy atom. The number of hydrogen-bond donors (Lipinski definition) is 3. The zero-order valence-electron chi connectivity index (χ0n) is 18.5. The summed E-state index contributed by atoms with van der Waals surface area (Å²) in [5.74, 6) is -0.178. The first kappa shape index (κ1) is 22.7. The second-order valence-corrected chi connectivity index (χ2v) is 8.62. The molecular formula is C23H28N4O3S. The van der Waals surface area contributed by atoms with Crippen LogP contribution in [0, 0.1) is 20.8 Å². The second kappa shape index (κ2) is 9.89. The lowest BCUT2D eigenvalue weighted by Crippen LogP contribution is -2.40. The molecule has 7 nitrogen and oxygen atoms in total. The van der Waals surface area contributed by atoms with Gasteiger partial charge in [-0.3, -0.25) is 10.1 Å². The highest BCUT2D eigenvalue weighted by atomic mass is 32.1. The van der Waals surface area contributed by atoms with Gasteiger partial charge in [0.2, 0.25) is 0 Å². The number of ether oxygens (including phenoxy) is 1. The Morgan fingerprint density at radius 2 is 1.81 bits per heavy atom. The molecule has 0 radical (unpaired) electrons. The Morgan fingerprint density at radius 3 is 2.45 bits per heavy atom. The molecule has 164 valence electrons. The molecule has 0 bridgehead atoms. The van der Waals surface area contributed by atoms with Gasteiger partial charge in [0.1, 0.15) is 0 Å². The van der Waals surface area contributed by atoms with Gasteiger partial charge in [-0.1, -0.05) is 36.0 Å². The fraction of sp³-hybridized carbons (Fsp3) is 0.348. The van der Waals surface area contributed by atoms with Crippen molar-refractivity contribution in [3.8, 4) is 0 Å². The third kappa shape index (κ3) is 5.59. The number of urea groups is 1. The van der Waals surface area contributed by atoms with Crippen LogP contribution in [0.5, 0.6) is 0 Å².